The van der Waals surface area contributed by atoms with Crippen molar-refractivity contribution in [1.29, 1.82) is 0 Å². The Morgan fingerprint density at radius 1 is 1.12 bits per heavy atom. The predicted octanol–water partition coefficient (Wildman–Crippen LogP) is 3.46. The van der Waals surface area contributed by atoms with Gasteiger partial charge >= 0.3 is 0 Å². The molecule has 12 heteroatoms. The van der Waals surface area contributed by atoms with E-state index < -0.39 is 63.8 Å². The van der Waals surface area contributed by atoms with Gasteiger partial charge in [0.25, 0.3) is 11.8 Å². The van der Waals surface area contributed by atoms with Crippen molar-refractivity contribution < 1.29 is 32.3 Å². The molecule has 43 heavy (non-hydrogen) atoms. The molecule has 1 spiro atoms. The molecule has 0 radical (unpaired) electrons. The quantitative estimate of drug-likeness (QED) is 0.455. The van der Waals surface area contributed by atoms with Crippen molar-refractivity contribution in [2.45, 2.75) is 51.4 Å². The Morgan fingerprint density at radius 2 is 1.84 bits per heavy atom. The molecule has 0 unspecified atom stereocenters. The largest absolute Gasteiger partial charge is 0.483 e. The van der Waals surface area contributed by atoms with E-state index in [1.54, 1.807) is 33.7 Å². The topological polar surface area (TPSA) is 110 Å². The van der Waals surface area contributed by atoms with Crippen LogP contribution in [0.1, 0.15) is 64.2 Å². The van der Waals surface area contributed by atoms with Gasteiger partial charge in [0, 0.05) is 61.4 Å². The molecule has 2 saturated heterocycles. The maximum Gasteiger partial charge on any atom is 0.274 e. The first-order chi connectivity index (χ1) is 20.6. The second-order valence-corrected chi connectivity index (χ2v) is 11.4. The van der Waals surface area contributed by atoms with Crippen LogP contribution in [0.2, 0.25) is 0 Å². The number of pyridine rings is 1. The van der Waals surface area contributed by atoms with Crippen LogP contribution in [0.5, 0.6) is 5.75 Å². The number of nitrogens with zero attached hydrogens (tertiary/aromatic N) is 2. The predicted molar refractivity (Wildman–Crippen MR) is 148 cm³/mol. The molecule has 9 nitrogen and oxygen atoms in total. The molecule has 3 aromatic rings. The minimum absolute atomic E-state index is 0.0168. The number of hydrogen-bond acceptors (Lipinski definition) is 5. The SMILES string of the molecule is C[C@H]1CC[C@]2(CNC(=O)C2)[C@H]2CN1C(=O)c1c(OCc3ccccc3)c(=O)c(C(=O)NCc3c(F)cc(F)cc3F)cn12. The first-order valence-corrected chi connectivity index (χ1v) is 14.0. The average molecular weight is 595 g/mol. The number of ether oxygens (including phenoxy) is 1. The molecule has 2 N–H and O–H groups in total. The van der Waals surface area contributed by atoms with E-state index in [1.807, 2.05) is 13.0 Å². The Kier molecular flexibility index (Phi) is 7.23. The van der Waals surface area contributed by atoms with Gasteiger partial charge in [0.15, 0.2) is 11.4 Å². The lowest BCUT2D eigenvalue weighted by Gasteiger charge is -2.43. The summed E-state index contributed by atoms with van der Waals surface area (Å²) >= 11 is 0. The zero-order valence-electron chi connectivity index (χ0n) is 23.3. The number of benzene rings is 2. The van der Waals surface area contributed by atoms with Crippen LogP contribution in [0.4, 0.5) is 13.2 Å². The second-order valence-electron chi connectivity index (χ2n) is 11.4. The van der Waals surface area contributed by atoms with E-state index >= 15 is 0 Å². The van der Waals surface area contributed by atoms with Crippen molar-refractivity contribution in [2.24, 2.45) is 5.41 Å². The standard InChI is InChI=1S/C31H29F3N4O5/c1-17-7-8-31(11-25(39)36-16-31)24-14-37(17)30(42)26-28(43-15-18-5-3-2-4-6-18)27(40)21(13-38(24)26)29(41)35-12-20-22(33)9-19(32)10-23(20)34/h2-6,9-10,13,17,24H,7-8,11-12,14-16H2,1H3,(H,35,41)(H,36,39)/t17-,24+,31-/m0/s1. The van der Waals surface area contributed by atoms with Crippen LogP contribution in [-0.2, 0) is 17.9 Å². The highest BCUT2D eigenvalue weighted by Crippen LogP contribution is 2.49. The summed E-state index contributed by atoms with van der Waals surface area (Å²) in [4.78, 5) is 55.4. The molecule has 0 saturated carbocycles. The zero-order valence-corrected chi connectivity index (χ0v) is 23.3. The molecule has 0 aliphatic carbocycles. The smallest absolute Gasteiger partial charge is 0.274 e. The Balaban J connectivity index is 1.46. The van der Waals surface area contributed by atoms with Crippen LogP contribution in [0.3, 0.4) is 0 Å². The third kappa shape index (κ3) is 5.04. The van der Waals surface area contributed by atoms with Crippen LogP contribution in [-0.4, -0.2) is 46.3 Å². The van der Waals surface area contributed by atoms with E-state index in [0.29, 0.717) is 37.1 Å². The molecule has 3 aliphatic heterocycles. The number of fused-ring (bicyclic) bond motifs is 5. The van der Waals surface area contributed by atoms with Gasteiger partial charge in [-0.25, -0.2) is 13.2 Å². The van der Waals surface area contributed by atoms with Gasteiger partial charge in [-0.1, -0.05) is 30.3 Å². The minimum Gasteiger partial charge on any atom is -0.483 e. The van der Waals surface area contributed by atoms with Crippen molar-refractivity contribution in [1.82, 2.24) is 20.1 Å². The number of halogens is 3. The Hall–Kier alpha value is -4.61. The van der Waals surface area contributed by atoms with Crippen molar-refractivity contribution in [2.75, 3.05) is 13.1 Å². The Labute approximate surface area is 244 Å². The summed E-state index contributed by atoms with van der Waals surface area (Å²) in [5, 5.41) is 5.25. The van der Waals surface area contributed by atoms with Gasteiger partial charge in [-0.05, 0) is 25.3 Å². The van der Waals surface area contributed by atoms with Crippen LogP contribution >= 0.6 is 0 Å². The first kappa shape index (κ1) is 28.5. The number of carbonyl (C=O) groups is 3. The molecular formula is C31H29F3N4O5. The minimum atomic E-state index is -1.19. The lowest BCUT2D eigenvalue weighted by Crippen LogP contribution is -2.51. The Bertz CT molecular complexity index is 1670. The maximum atomic E-state index is 14.3. The molecule has 6 rings (SSSR count). The van der Waals surface area contributed by atoms with E-state index in [-0.39, 0.29) is 43.0 Å². The second kappa shape index (κ2) is 10.9. The third-order valence-corrected chi connectivity index (χ3v) is 8.81. The van der Waals surface area contributed by atoms with E-state index in [0.717, 1.165) is 0 Å². The average Bonchev–Trinajstić information content (AvgIpc) is 3.30. The Morgan fingerprint density at radius 3 is 2.51 bits per heavy atom. The van der Waals surface area contributed by atoms with Crippen LogP contribution in [0.25, 0.3) is 0 Å². The van der Waals surface area contributed by atoms with Gasteiger partial charge < -0.3 is 24.8 Å². The van der Waals surface area contributed by atoms with Crippen molar-refractivity contribution >= 4 is 17.7 Å². The van der Waals surface area contributed by atoms with Crippen molar-refractivity contribution in [3.63, 3.8) is 0 Å². The number of hydrogen-bond donors (Lipinski definition) is 2. The molecule has 3 aliphatic rings. The maximum absolute atomic E-state index is 14.3. The van der Waals surface area contributed by atoms with Crippen LogP contribution in [0.15, 0.2) is 53.5 Å². The van der Waals surface area contributed by atoms with Gasteiger partial charge in [-0.2, -0.15) is 0 Å². The number of nitrogens with one attached hydrogen (secondary N) is 2. The van der Waals surface area contributed by atoms with Gasteiger partial charge in [0.1, 0.15) is 29.6 Å². The lowest BCUT2D eigenvalue weighted by molar-refractivity contribution is -0.119. The molecule has 1 aromatic heterocycles. The first-order valence-electron chi connectivity index (χ1n) is 14.0. The van der Waals surface area contributed by atoms with Gasteiger partial charge in [0.05, 0.1) is 6.04 Å². The molecule has 224 valence electrons. The zero-order chi connectivity index (χ0) is 30.5. The van der Waals surface area contributed by atoms with E-state index in [9.17, 15) is 32.3 Å². The number of rotatable bonds is 6. The van der Waals surface area contributed by atoms with E-state index in [1.165, 1.54) is 6.20 Å². The number of amides is 3. The summed E-state index contributed by atoms with van der Waals surface area (Å²) in [5.41, 5.74) is -1.73. The summed E-state index contributed by atoms with van der Waals surface area (Å²) in [5.74, 6) is -5.32. The van der Waals surface area contributed by atoms with Crippen LogP contribution < -0.4 is 20.8 Å². The molecule has 4 heterocycles. The molecule has 2 aromatic carbocycles. The number of aromatic nitrogens is 1. The summed E-state index contributed by atoms with van der Waals surface area (Å²) in [6.07, 6.45) is 2.75. The fraction of sp³-hybridized carbons (Fsp3) is 0.355. The summed E-state index contributed by atoms with van der Waals surface area (Å²) in [7, 11) is 0. The van der Waals surface area contributed by atoms with Crippen molar-refractivity contribution in [3.8, 4) is 5.75 Å². The molecule has 2 fully saturated rings. The fourth-order valence-corrected chi connectivity index (χ4v) is 6.41. The highest BCUT2D eigenvalue weighted by Gasteiger charge is 2.52. The normalized spacial score (nSPS) is 22.7. The summed E-state index contributed by atoms with van der Waals surface area (Å²) in [6.45, 7) is 1.82. The van der Waals surface area contributed by atoms with Gasteiger partial charge in [-0.3, -0.25) is 19.2 Å². The van der Waals surface area contributed by atoms with E-state index in [4.69, 9.17) is 4.74 Å². The van der Waals surface area contributed by atoms with Gasteiger partial charge in [-0.15, -0.1) is 0 Å². The third-order valence-electron chi connectivity index (χ3n) is 8.81. The highest BCUT2D eigenvalue weighted by molar-refractivity contribution is 5.99. The van der Waals surface area contributed by atoms with Gasteiger partial charge in [0.2, 0.25) is 11.3 Å². The molecule has 3 atom stereocenters. The summed E-state index contributed by atoms with van der Waals surface area (Å²) < 4.78 is 49.5. The summed E-state index contributed by atoms with van der Waals surface area (Å²) in [6, 6.07) is 9.32. The monoisotopic (exact) mass is 594 g/mol. The van der Waals surface area contributed by atoms with Crippen LogP contribution in [0, 0.1) is 22.9 Å². The molecule has 3 amide bonds. The van der Waals surface area contributed by atoms with E-state index in [2.05, 4.69) is 10.6 Å². The number of carbonyl (C=O) groups excluding carboxylic acids is 3. The van der Waals surface area contributed by atoms with Crippen molar-refractivity contribution in [3.05, 3.63) is 98.7 Å². The fourth-order valence-electron chi connectivity index (χ4n) is 6.41. The lowest BCUT2D eigenvalue weighted by atomic mass is 9.75. The highest BCUT2D eigenvalue weighted by atomic mass is 19.1. The molecule has 2 bridgehead atoms. The molecular weight excluding hydrogens is 565 g/mol.